The third kappa shape index (κ3) is 4.64. The fourth-order valence-electron chi connectivity index (χ4n) is 3.16. The molecule has 8 heteroatoms. The Balaban J connectivity index is 2.20. The standard InChI is InChI=1S/C20H22N2O6/c1-11-9-12(2)19(22(26)27)13(3)18(11)20(25)21-14(4)15-5-7-16(8-6-15)28-10-17(23)24/h5-9,14H,10H2,1-4H3,(H,21,25)(H,23,24). The average Bonchev–Trinajstić information content (AvgIpc) is 2.59. The summed E-state index contributed by atoms with van der Waals surface area (Å²) < 4.78 is 5.08. The second kappa shape index (κ2) is 8.51. The van der Waals surface area contributed by atoms with Gasteiger partial charge in [-0.3, -0.25) is 14.9 Å². The fourth-order valence-corrected chi connectivity index (χ4v) is 3.16. The number of nitrogens with one attached hydrogen (secondary N) is 1. The molecule has 1 amide bonds. The number of carbonyl (C=O) groups excluding carboxylic acids is 1. The third-order valence-corrected chi connectivity index (χ3v) is 4.43. The summed E-state index contributed by atoms with van der Waals surface area (Å²) in [5.74, 6) is -1.05. The van der Waals surface area contributed by atoms with E-state index < -0.39 is 23.4 Å². The quantitative estimate of drug-likeness (QED) is 0.555. The molecule has 0 aliphatic heterocycles. The largest absolute Gasteiger partial charge is 0.482 e. The van der Waals surface area contributed by atoms with Crippen molar-refractivity contribution in [2.75, 3.05) is 6.61 Å². The van der Waals surface area contributed by atoms with E-state index in [0.29, 0.717) is 28.0 Å². The van der Waals surface area contributed by atoms with Crippen molar-refractivity contribution in [3.8, 4) is 5.75 Å². The topological polar surface area (TPSA) is 119 Å². The molecule has 0 spiro atoms. The minimum absolute atomic E-state index is 0.0525. The van der Waals surface area contributed by atoms with Gasteiger partial charge in [-0.2, -0.15) is 0 Å². The molecular weight excluding hydrogens is 364 g/mol. The van der Waals surface area contributed by atoms with Crippen molar-refractivity contribution in [3.05, 3.63) is 68.3 Å². The van der Waals surface area contributed by atoms with Crippen LogP contribution in [0.5, 0.6) is 5.75 Å². The van der Waals surface area contributed by atoms with Gasteiger partial charge >= 0.3 is 5.97 Å². The normalized spacial score (nSPS) is 11.6. The molecule has 8 nitrogen and oxygen atoms in total. The van der Waals surface area contributed by atoms with Gasteiger partial charge in [0.25, 0.3) is 11.6 Å². The molecule has 1 unspecified atom stereocenters. The maximum Gasteiger partial charge on any atom is 0.341 e. The number of ether oxygens (including phenoxy) is 1. The predicted molar refractivity (Wildman–Crippen MR) is 103 cm³/mol. The summed E-state index contributed by atoms with van der Waals surface area (Å²) >= 11 is 0. The second-order valence-electron chi connectivity index (χ2n) is 6.56. The van der Waals surface area contributed by atoms with Gasteiger partial charge in [-0.15, -0.1) is 0 Å². The lowest BCUT2D eigenvalue weighted by Gasteiger charge is -2.17. The summed E-state index contributed by atoms with van der Waals surface area (Å²) in [6, 6.07) is 7.96. The molecule has 148 valence electrons. The van der Waals surface area contributed by atoms with E-state index in [1.807, 2.05) is 0 Å². The number of amides is 1. The van der Waals surface area contributed by atoms with Crippen molar-refractivity contribution in [2.24, 2.45) is 0 Å². The van der Waals surface area contributed by atoms with Crippen molar-refractivity contribution in [1.82, 2.24) is 5.32 Å². The first kappa shape index (κ1) is 20.9. The van der Waals surface area contributed by atoms with Gasteiger partial charge in [-0.25, -0.2) is 4.79 Å². The number of carbonyl (C=O) groups is 2. The molecule has 0 heterocycles. The highest BCUT2D eigenvalue weighted by molar-refractivity contribution is 5.98. The van der Waals surface area contributed by atoms with Gasteiger partial charge in [-0.05, 0) is 57.0 Å². The predicted octanol–water partition coefficient (Wildman–Crippen LogP) is 3.47. The Morgan fingerprint density at radius 1 is 1.18 bits per heavy atom. The maximum atomic E-state index is 12.8. The van der Waals surface area contributed by atoms with Crippen molar-refractivity contribution in [1.29, 1.82) is 0 Å². The molecule has 1 atom stereocenters. The minimum atomic E-state index is -1.07. The number of aryl methyl sites for hydroxylation is 2. The van der Waals surface area contributed by atoms with E-state index in [-0.39, 0.29) is 11.7 Å². The molecule has 28 heavy (non-hydrogen) atoms. The third-order valence-electron chi connectivity index (χ3n) is 4.43. The van der Waals surface area contributed by atoms with E-state index in [2.05, 4.69) is 5.32 Å². The number of nitro benzene ring substituents is 1. The molecule has 2 N–H and O–H groups in total. The number of carboxylic acids is 1. The van der Waals surface area contributed by atoms with Gasteiger partial charge in [0.15, 0.2) is 6.61 Å². The number of aliphatic carboxylic acids is 1. The van der Waals surface area contributed by atoms with E-state index in [1.165, 1.54) is 0 Å². The van der Waals surface area contributed by atoms with E-state index >= 15 is 0 Å². The molecule has 2 aromatic rings. The van der Waals surface area contributed by atoms with Crippen LogP contribution in [-0.2, 0) is 4.79 Å². The first-order valence-corrected chi connectivity index (χ1v) is 8.62. The Bertz CT molecular complexity index is 921. The molecule has 0 bridgehead atoms. The number of nitro groups is 1. The van der Waals surface area contributed by atoms with E-state index in [4.69, 9.17) is 9.84 Å². The van der Waals surface area contributed by atoms with Crippen molar-refractivity contribution in [2.45, 2.75) is 33.7 Å². The Hall–Kier alpha value is -3.42. The lowest BCUT2D eigenvalue weighted by molar-refractivity contribution is -0.386. The molecule has 0 aromatic heterocycles. The first-order chi connectivity index (χ1) is 13.1. The number of hydrogen-bond donors (Lipinski definition) is 2. The number of nitrogens with zero attached hydrogens (tertiary/aromatic N) is 1. The van der Waals surface area contributed by atoms with Crippen molar-refractivity contribution >= 4 is 17.6 Å². The van der Waals surface area contributed by atoms with Gasteiger partial charge < -0.3 is 15.2 Å². The summed E-state index contributed by atoms with van der Waals surface area (Å²) in [5, 5.41) is 22.8. The summed E-state index contributed by atoms with van der Waals surface area (Å²) in [6.07, 6.45) is 0. The van der Waals surface area contributed by atoms with Crippen LogP contribution in [0, 0.1) is 30.9 Å². The molecule has 0 aliphatic rings. The highest BCUT2D eigenvalue weighted by Crippen LogP contribution is 2.29. The van der Waals surface area contributed by atoms with Crippen LogP contribution < -0.4 is 10.1 Å². The molecular formula is C20H22N2O6. The van der Waals surface area contributed by atoms with Gasteiger partial charge in [0.2, 0.25) is 0 Å². The lowest BCUT2D eigenvalue weighted by Crippen LogP contribution is -2.28. The Kier molecular flexibility index (Phi) is 6.35. The molecule has 0 aliphatic carbocycles. The van der Waals surface area contributed by atoms with E-state index in [9.17, 15) is 19.7 Å². The van der Waals surface area contributed by atoms with Crippen LogP contribution in [0.2, 0.25) is 0 Å². The Labute approximate surface area is 162 Å². The number of rotatable bonds is 7. The molecule has 2 rings (SSSR count). The fraction of sp³-hybridized carbons (Fsp3) is 0.300. The first-order valence-electron chi connectivity index (χ1n) is 8.62. The highest BCUT2D eigenvalue weighted by Gasteiger charge is 2.24. The van der Waals surface area contributed by atoms with Crippen LogP contribution in [0.25, 0.3) is 0 Å². The maximum absolute atomic E-state index is 12.8. The average molecular weight is 386 g/mol. The van der Waals surface area contributed by atoms with Crippen LogP contribution >= 0.6 is 0 Å². The van der Waals surface area contributed by atoms with E-state index in [0.717, 1.165) is 5.56 Å². The van der Waals surface area contributed by atoms with Gasteiger partial charge in [0.05, 0.1) is 16.5 Å². The molecule has 0 radical (unpaired) electrons. The summed E-state index contributed by atoms with van der Waals surface area (Å²) in [4.78, 5) is 34.2. The zero-order valence-corrected chi connectivity index (χ0v) is 16.1. The number of carboxylic acid groups (broad SMARTS) is 1. The van der Waals surface area contributed by atoms with Crippen molar-refractivity contribution < 1.29 is 24.4 Å². The van der Waals surface area contributed by atoms with Crippen LogP contribution in [0.15, 0.2) is 30.3 Å². The monoisotopic (exact) mass is 386 g/mol. The summed E-state index contributed by atoms with van der Waals surface area (Å²) in [7, 11) is 0. The van der Waals surface area contributed by atoms with Gasteiger partial charge in [0, 0.05) is 11.1 Å². The smallest absolute Gasteiger partial charge is 0.341 e. The summed E-state index contributed by atoms with van der Waals surface area (Å²) in [6.45, 7) is 6.33. The molecule has 0 saturated carbocycles. The summed E-state index contributed by atoms with van der Waals surface area (Å²) in [5.41, 5.74) is 2.55. The minimum Gasteiger partial charge on any atom is -0.482 e. The van der Waals surface area contributed by atoms with Crippen LogP contribution in [0.3, 0.4) is 0 Å². The van der Waals surface area contributed by atoms with Crippen LogP contribution in [-0.4, -0.2) is 28.5 Å². The van der Waals surface area contributed by atoms with Crippen LogP contribution in [0.1, 0.15) is 45.6 Å². The number of benzene rings is 2. The zero-order valence-electron chi connectivity index (χ0n) is 16.1. The van der Waals surface area contributed by atoms with Crippen molar-refractivity contribution in [3.63, 3.8) is 0 Å². The zero-order chi connectivity index (χ0) is 21.0. The SMILES string of the molecule is Cc1cc(C)c([N+](=O)[O-])c(C)c1C(=O)NC(C)c1ccc(OCC(=O)O)cc1. The Morgan fingerprint density at radius 3 is 2.32 bits per heavy atom. The lowest BCUT2D eigenvalue weighted by atomic mass is 9.96. The molecule has 2 aromatic carbocycles. The van der Waals surface area contributed by atoms with Gasteiger partial charge in [-0.1, -0.05) is 12.1 Å². The van der Waals surface area contributed by atoms with Gasteiger partial charge in [0.1, 0.15) is 5.75 Å². The molecule has 0 fully saturated rings. The van der Waals surface area contributed by atoms with Crippen LogP contribution in [0.4, 0.5) is 5.69 Å². The molecule has 0 saturated heterocycles. The number of hydrogen-bond acceptors (Lipinski definition) is 5. The second-order valence-corrected chi connectivity index (χ2v) is 6.56. The van der Waals surface area contributed by atoms with E-state index in [1.54, 1.807) is 58.0 Å². The Morgan fingerprint density at radius 2 is 1.79 bits per heavy atom. The highest BCUT2D eigenvalue weighted by atomic mass is 16.6.